The summed E-state index contributed by atoms with van der Waals surface area (Å²) >= 11 is 0. The van der Waals surface area contributed by atoms with Gasteiger partial charge in [0.25, 0.3) is 0 Å². The lowest BCUT2D eigenvalue weighted by Crippen LogP contribution is -1.98. The highest BCUT2D eigenvalue weighted by molar-refractivity contribution is 5.62. The molecule has 3 nitrogen and oxygen atoms in total. The van der Waals surface area contributed by atoms with Gasteiger partial charge in [-0.15, -0.1) is 0 Å². The van der Waals surface area contributed by atoms with E-state index in [1.807, 2.05) is 24.3 Å². The van der Waals surface area contributed by atoms with E-state index in [0.29, 0.717) is 6.54 Å². The van der Waals surface area contributed by atoms with E-state index in [4.69, 9.17) is 5.73 Å². The predicted octanol–water partition coefficient (Wildman–Crippen LogP) is 1.60. The van der Waals surface area contributed by atoms with Crippen molar-refractivity contribution in [3.63, 3.8) is 0 Å². The van der Waals surface area contributed by atoms with Crippen LogP contribution in [0.3, 0.4) is 0 Å². The van der Waals surface area contributed by atoms with Gasteiger partial charge in [0.15, 0.2) is 0 Å². The summed E-state index contributed by atoms with van der Waals surface area (Å²) in [5, 5.41) is 0. The van der Waals surface area contributed by atoms with E-state index >= 15 is 0 Å². The van der Waals surface area contributed by atoms with Crippen LogP contribution in [0.25, 0.3) is 11.1 Å². The zero-order valence-corrected chi connectivity index (χ0v) is 7.72. The van der Waals surface area contributed by atoms with Crippen molar-refractivity contribution in [3.8, 4) is 11.1 Å². The Morgan fingerprint density at radius 3 is 2.43 bits per heavy atom. The molecule has 0 unspecified atom stereocenters. The zero-order chi connectivity index (χ0) is 9.80. The predicted molar refractivity (Wildman–Crippen MR) is 55.4 cm³/mol. The monoisotopic (exact) mass is 185 g/mol. The quantitative estimate of drug-likeness (QED) is 0.773. The number of nitrogens with two attached hydrogens (primary N) is 1. The van der Waals surface area contributed by atoms with Gasteiger partial charge in [0.1, 0.15) is 0 Å². The van der Waals surface area contributed by atoms with Crippen molar-refractivity contribution in [1.29, 1.82) is 0 Å². The van der Waals surface area contributed by atoms with Gasteiger partial charge in [0.05, 0.1) is 5.69 Å². The normalized spacial score (nSPS) is 10.1. The third-order valence-corrected chi connectivity index (χ3v) is 2.04. The van der Waals surface area contributed by atoms with Crippen molar-refractivity contribution in [2.75, 3.05) is 0 Å². The average molecular weight is 185 g/mol. The summed E-state index contributed by atoms with van der Waals surface area (Å²) in [5.74, 6) is 0. The first-order valence-electron chi connectivity index (χ1n) is 4.45. The number of hydrogen-bond acceptors (Lipinski definition) is 3. The van der Waals surface area contributed by atoms with E-state index in [-0.39, 0.29) is 0 Å². The first-order valence-corrected chi connectivity index (χ1v) is 4.45. The lowest BCUT2D eigenvalue weighted by molar-refractivity contribution is 0.991. The molecule has 2 N–H and O–H groups in total. The van der Waals surface area contributed by atoms with E-state index in [2.05, 4.69) is 9.97 Å². The van der Waals surface area contributed by atoms with Gasteiger partial charge in [0.2, 0.25) is 0 Å². The minimum Gasteiger partial charge on any atom is -0.325 e. The second kappa shape index (κ2) is 3.98. The molecule has 0 radical (unpaired) electrons. The topological polar surface area (TPSA) is 51.8 Å². The van der Waals surface area contributed by atoms with Crippen LogP contribution in [0.2, 0.25) is 0 Å². The van der Waals surface area contributed by atoms with E-state index in [9.17, 15) is 0 Å². The molecule has 0 aliphatic heterocycles. The van der Waals surface area contributed by atoms with Crippen LogP contribution in [0.4, 0.5) is 0 Å². The second-order valence-electron chi connectivity index (χ2n) is 2.98. The van der Waals surface area contributed by atoms with Crippen molar-refractivity contribution < 1.29 is 0 Å². The molecule has 0 amide bonds. The van der Waals surface area contributed by atoms with Crippen molar-refractivity contribution in [2.45, 2.75) is 6.54 Å². The van der Waals surface area contributed by atoms with Crippen LogP contribution < -0.4 is 5.73 Å². The van der Waals surface area contributed by atoms with E-state index < -0.39 is 0 Å². The molecule has 0 aromatic carbocycles. The SMILES string of the molecule is NCc1cc(-c2ccncc2)ccn1. The van der Waals surface area contributed by atoms with Crippen molar-refractivity contribution in [1.82, 2.24) is 9.97 Å². The van der Waals surface area contributed by atoms with Crippen LogP contribution in [0.1, 0.15) is 5.69 Å². The van der Waals surface area contributed by atoms with Crippen molar-refractivity contribution in [3.05, 3.63) is 48.5 Å². The third-order valence-electron chi connectivity index (χ3n) is 2.04. The fraction of sp³-hybridized carbons (Fsp3) is 0.0909. The van der Waals surface area contributed by atoms with Gasteiger partial charge in [-0.05, 0) is 35.4 Å². The highest BCUT2D eigenvalue weighted by atomic mass is 14.7. The summed E-state index contributed by atoms with van der Waals surface area (Å²) in [6.07, 6.45) is 5.33. The number of aromatic nitrogens is 2. The van der Waals surface area contributed by atoms with Crippen LogP contribution in [0.15, 0.2) is 42.9 Å². The zero-order valence-electron chi connectivity index (χ0n) is 7.72. The molecule has 2 aromatic heterocycles. The molecule has 0 spiro atoms. The highest BCUT2D eigenvalue weighted by Gasteiger charge is 1.97. The fourth-order valence-electron chi connectivity index (χ4n) is 1.31. The molecule has 0 atom stereocenters. The molecule has 0 fully saturated rings. The maximum Gasteiger partial charge on any atom is 0.0545 e. The second-order valence-corrected chi connectivity index (χ2v) is 2.98. The van der Waals surface area contributed by atoms with Gasteiger partial charge in [-0.2, -0.15) is 0 Å². The number of nitrogens with zero attached hydrogens (tertiary/aromatic N) is 2. The third kappa shape index (κ3) is 1.78. The van der Waals surface area contributed by atoms with Crippen molar-refractivity contribution >= 4 is 0 Å². The van der Waals surface area contributed by atoms with Crippen LogP contribution in [0, 0.1) is 0 Å². The molecular formula is C11H11N3. The Morgan fingerprint density at radius 2 is 1.71 bits per heavy atom. The van der Waals surface area contributed by atoms with Crippen LogP contribution >= 0.6 is 0 Å². The molecule has 2 heterocycles. The Kier molecular flexibility index (Phi) is 2.51. The highest BCUT2D eigenvalue weighted by Crippen LogP contribution is 2.17. The molecule has 2 aromatic rings. The molecule has 0 saturated carbocycles. The Hall–Kier alpha value is -1.74. The summed E-state index contributed by atoms with van der Waals surface area (Å²) in [6, 6.07) is 7.90. The Morgan fingerprint density at radius 1 is 1.00 bits per heavy atom. The van der Waals surface area contributed by atoms with Crippen molar-refractivity contribution in [2.24, 2.45) is 5.73 Å². The summed E-state index contributed by atoms with van der Waals surface area (Å²) in [5.41, 5.74) is 8.69. The first-order chi connectivity index (χ1) is 6.90. The molecule has 2 rings (SSSR count). The van der Waals surface area contributed by atoms with Gasteiger partial charge in [-0.1, -0.05) is 0 Å². The molecule has 0 bridgehead atoms. The van der Waals surface area contributed by atoms with Crippen LogP contribution in [0.5, 0.6) is 0 Å². The average Bonchev–Trinajstić information content (AvgIpc) is 2.30. The Balaban J connectivity index is 2.42. The summed E-state index contributed by atoms with van der Waals surface area (Å²) in [4.78, 5) is 8.12. The summed E-state index contributed by atoms with van der Waals surface area (Å²) < 4.78 is 0. The molecule has 0 saturated heterocycles. The lowest BCUT2D eigenvalue weighted by Gasteiger charge is -2.02. The molecule has 0 aliphatic rings. The van der Waals surface area contributed by atoms with Gasteiger partial charge in [-0.3, -0.25) is 9.97 Å². The fourth-order valence-corrected chi connectivity index (χ4v) is 1.31. The Bertz CT molecular complexity index is 412. The Labute approximate surface area is 82.6 Å². The molecular weight excluding hydrogens is 174 g/mol. The maximum atomic E-state index is 5.52. The summed E-state index contributed by atoms with van der Waals surface area (Å²) in [7, 11) is 0. The summed E-state index contributed by atoms with van der Waals surface area (Å²) in [6.45, 7) is 0.471. The van der Waals surface area contributed by atoms with Gasteiger partial charge >= 0.3 is 0 Å². The number of rotatable bonds is 2. The molecule has 70 valence electrons. The first kappa shape index (κ1) is 8.84. The maximum absolute atomic E-state index is 5.52. The number of pyridine rings is 2. The van der Waals surface area contributed by atoms with Gasteiger partial charge in [0, 0.05) is 25.1 Å². The minimum absolute atomic E-state index is 0.471. The van der Waals surface area contributed by atoms with Gasteiger partial charge < -0.3 is 5.73 Å². The molecule has 0 aliphatic carbocycles. The van der Waals surface area contributed by atoms with E-state index in [0.717, 1.165) is 16.8 Å². The van der Waals surface area contributed by atoms with E-state index in [1.54, 1.807) is 18.6 Å². The number of hydrogen-bond donors (Lipinski definition) is 1. The smallest absolute Gasteiger partial charge is 0.0545 e. The molecule has 3 heteroatoms. The lowest BCUT2D eigenvalue weighted by atomic mass is 10.1. The molecule has 14 heavy (non-hydrogen) atoms. The largest absolute Gasteiger partial charge is 0.325 e. The van der Waals surface area contributed by atoms with Crippen LogP contribution in [-0.2, 0) is 6.54 Å². The minimum atomic E-state index is 0.471. The standard InChI is InChI=1S/C11H11N3/c12-8-11-7-10(3-6-14-11)9-1-4-13-5-2-9/h1-7H,8,12H2. The van der Waals surface area contributed by atoms with E-state index in [1.165, 1.54) is 0 Å². The van der Waals surface area contributed by atoms with Gasteiger partial charge in [-0.25, -0.2) is 0 Å². The van der Waals surface area contributed by atoms with Crippen LogP contribution in [-0.4, -0.2) is 9.97 Å².